The SMILES string of the molecule is c1ccc(-n2c3c4ccccc4ccc3c3cc(-c4ccc(-c5ccc6c7c(cccc57)-c5ccccc5O6)cc4)c4ccccc4c32)cc1. The minimum Gasteiger partial charge on any atom is -0.456 e. The van der Waals surface area contributed by atoms with Gasteiger partial charge in [0.25, 0.3) is 0 Å². The zero-order valence-electron chi connectivity index (χ0n) is 27.1. The monoisotopic (exact) mass is 635 g/mol. The van der Waals surface area contributed by atoms with Gasteiger partial charge in [0, 0.05) is 38.2 Å². The maximum atomic E-state index is 6.38. The maximum Gasteiger partial charge on any atom is 0.135 e. The fourth-order valence-corrected chi connectivity index (χ4v) is 8.37. The molecule has 232 valence electrons. The minimum absolute atomic E-state index is 0.911. The van der Waals surface area contributed by atoms with Crippen LogP contribution in [0.15, 0.2) is 176 Å². The maximum absolute atomic E-state index is 6.38. The molecule has 2 heterocycles. The van der Waals surface area contributed by atoms with E-state index >= 15 is 0 Å². The molecule has 1 aliphatic rings. The van der Waals surface area contributed by atoms with Crippen molar-refractivity contribution in [2.24, 2.45) is 0 Å². The highest BCUT2D eigenvalue weighted by molar-refractivity contribution is 6.26. The Balaban J connectivity index is 1.13. The van der Waals surface area contributed by atoms with Crippen molar-refractivity contribution in [2.45, 2.75) is 0 Å². The lowest BCUT2D eigenvalue weighted by atomic mass is 9.89. The van der Waals surface area contributed by atoms with Crippen LogP contribution in [0.5, 0.6) is 11.5 Å². The van der Waals surface area contributed by atoms with Crippen molar-refractivity contribution in [3.63, 3.8) is 0 Å². The third-order valence-electron chi connectivity index (χ3n) is 10.6. The largest absolute Gasteiger partial charge is 0.456 e. The van der Waals surface area contributed by atoms with Crippen molar-refractivity contribution in [3.05, 3.63) is 176 Å². The number of fused-ring (bicyclic) bond motifs is 9. The summed E-state index contributed by atoms with van der Waals surface area (Å²) in [5.74, 6) is 1.82. The van der Waals surface area contributed by atoms with Crippen LogP contribution in [0, 0.1) is 0 Å². The van der Waals surface area contributed by atoms with Gasteiger partial charge in [-0.15, -0.1) is 0 Å². The molecule has 0 bridgehead atoms. The van der Waals surface area contributed by atoms with E-state index in [-0.39, 0.29) is 0 Å². The molecule has 0 unspecified atom stereocenters. The Hall–Kier alpha value is -6.64. The highest BCUT2D eigenvalue weighted by atomic mass is 16.5. The molecule has 2 nitrogen and oxygen atoms in total. The summed E-state index contributed by atoms with van der Waals surface area (Å²) in [5.41, 5.74) is 10.9. The molecule has 50 heavy (non-hydrogen) atoms. The van der Waals surface area contributed by atoms with E-state index in [1.54, 1.807) is 0 Å². The summed E-state index contributed by atoms with van der Waals surface area (Å²) < 4.78 is 8.85. The summed E-state index contributed by atoms with van der Waals surface area (Å²) in [4.78, 5) is 0. The Bertz CT molecular complexity index is 2990. The van der Waals surface area contributed by atoms with Gasteiger partial charge in [-0.05, 0) is 74.3 Å². The van der Waals surface area contributed by atoms with Crippen molar-refractivity contribution in [2.75, 3.05) is 0 Å². The molecule has 9 aromatic carbocycles. The van der Waals surface area contributed by atoms with Gasteiger partial charge < -0.3 is 9.30 Å². The number of para-hydroxylation sites is 2. The minimum atomic E-state index is 0.911. The number of hydrogen-bond donors (Lipinski definition) is 0. The van der Waals surface area contributed by atoms with E-state index in [1.807, 2.05) is 12.1 Å². The fraction of sp³-hybridized carbons (Fsp3) is 0. The number of rotatable bonds is 3. The van der Waals surface area contributed by atoms with Gasteiger partial charge in [-0.1, -0.05) is 146 Å². The van der Waals surface area contributed by atoms with Crippen molar-refractivity contribution in [1.82, 2.24) is 4.57 Å². The third kappa shape index (κ3) is 3.85. The van der Waals surface area contributed by atoms with E-state index in [2.05, 4.69) is 168 Å². The van der Waals surface area contributed by atoms with Gasteiger partial charge in [0.2, 0.25) is 0 Å². The molecule has 0 atom stereocenters. The molecule has 1 aromatic heterocycles. The van der Waals surface area contributed by atoms with Gasteiger partial charge in [-0.3, -0.25) is 0 Å². The predicted octanol–water partition coefficient (Wildman–Crippen LogP) is 13.3. The summed E-state index contributed by atoms with van der Waals surface area (Å²) in [6.07, 6.45) is 0. The van der Waals surface area contributed by atoms with Gasteiger partial charge >= 0.3 is 0 Å². The molecule has 0 spiro atoms. The summed E-state index contributed by atoms with van der Waals surface area (Å²) >= 11 is 0. The molecule has 2 heteroatoms. The summed E-state index contributed by atoms with van der Waals surface area (Å²) in [7, 11) is 0. The van der Waals surface area contributed by atoms with Crippen LogP contribution in [0.4, 0.5) is 0 Å². The Kier molecular flexibility index (Phi) is 5.70. The first kappa shape index (κ1) is 27.3. The van der Waals surface area contributed by atoms with Gasteiger partial charge in [-0.2, -0.15) is 0 Å². The molecule has 0 aliphatic carbocycles. The molecule has 0 radical (unpaired) electrons. The normalized spacial score (nSPS) is 12.2. The highest BCUT2D eigenvalue weighted by Gasteiger charge is 2.22. The zero-order valence-corrected chi connectivity index (χ0v) is 27.1. The molecule has 0 saturated carbocycles. The van der Waals surface area contributed by atoms with Crippen LogP contribution < -0.4 is 4.74 Å². The number of benzene rings is 9. The van der Waals surface area contributed by atoms with Crippen LogP contribution in [0.1, 0.15) is 0 Å². The first-order valence-corrected chi connectivity index (χ1v) is 17.2. The predicted molar refractivity (Wildman–Crippen MR) is 210 cm³/mol. The molecule has 10 aromatic rings. The van der Waals surface area contributed by atoms with E-state index < -0.39 is 0 Å². The molecule has 11 rings (SSSR count). The smallest absolute Gasteiger partial charge is 0.135 e. The highest BCUT2D eigenvalue weighted by Crippen LogP contribution is 2.49. The van der Waals surface area contributed by atoms with Gasteiger partial charge in [0.1, 0.15) is 11.5 Å². The van der Waals surface area contributed by atoms with Crippen molar-refractivity contribution in [1.29, 1.82) is 0 Å². The molecule has 0 fully saturated rings. The average molecular weight is 636 g/mol. The molecular formula is C48H29NO. The topological polar surface area (TPSA) is 14.2 Å². The van der Waals surface area contributed by atoms with E-state index in [9.17, 15) is 0 Å². The second-order valence-electron chi connectivity index (χ2n) is 13.2. The average Bonchev–Trinajstić information content (AvgIpc) is 3.53. The van der Waals surface area contributed by atoms with Gasteiger partial charge in [0.05, 0.1) is 11.0 Å². The molecule has 0 saturated heterocycles. The molecule has 1 aliphatic heterocycles. The van der Waals surface area contributed by atoms with Crippen molar-refractivity contribution < 1.29 is 4.74 Å². The zero-order chi connectivity index (χ0) is 32.8. The summed E-state index contributed by atoms with van der Waals surface area (Å²) in [6, 6.07) is 63.7. The number of nitrogens with zero attached hydrogens (tertiary/aromatic N) is 1. The lowest BCUT2D eigenvalue weighted by Gasteiger charge is -2.22. The standard InChI is InChI=1S/C48H29NO/c1-2-12-33(13-3-1)49-47-35-14-5-4-11-30(35)25-26-41(47)43-29-42(36-15-6-7-17-40(36)48(43)49)32-23-21-31(22-24-32)34-27-28-45-46-38(34)18-10-19-39(46)37-16-8-9-20-44(37)50-45/h1-29H. The quantitative estimate of drug-likeness (QED) is 0.188. The summed E-state index contributed by atoms with van der Waals surface area (Å²) in [6.45, 7) is 0. The second-order valence-corrected chi connectivity index (χ2v) is 13.2. The Labute approximate surface area is 289 Å². The van der Waals surface area contributed by atoms with Crippen LogP contribution >= 0.6 is 0 Å². The van der Waals surface area contributed by atoms with Crippen LogP contribution in [0.3, 0.4) is 0 Å². The van der Waals surface area contributed by atoms with Gasteiger partial charge in [0.15, 0.2) is 0 Å². The number of aromatic nitrogens is 1. The Morgan fingerprint density at radius 3 is 1.84 bits per heavy atom. The van der Waals surface area contributed by atoms with Crippen LogP contribution in [-0.4, -0.2) is 4.57 Å². The second kappa shape index (κ2) is 10.4. The molecular weight excluding hydrogens is 607 g/mol. The van der Waals surface area contributed by atoms with Crippen LogP contribution in [-0.2, 0) is 0 Å². The van der Waals surface area contributed by atoms with E-state index in [0.717, 1.165) is 17.1 Å². The first-order valence-electron chi connectivity index (χ1n) is 17.2. The number of ether oxygens (including phenoxy) is 1. The van der Waals surface area contributed by atoms with Crippen molar-refractivity contribution in [3.8, 4) is 50.6 Å². The van der Waals surface area contributed by atoms with Crippen LogP contribution in [0.2, 0.25) is 0 Å². The third-order valence-corrected chi connectivity index (χ3v) is 10.6. The van der Waals surface area contributed by atoms with E-state index in [0.29, 0.717) is 0 Å². The van der Waals surface area contributed by atoms with E-state index in [4.69, 9.17) is 4.74 Å². The van der Waals surface area contributed by atoms with Gasteiger partial charge in [-0.25, -0.2) is 0 Å². The lowest BCUT2D eigenvalue weighted by Crippen LogP contribution is -1.97. The first-order chi connectivity index (χ1) is 24.8. The number of hydrogen-bond acceptors (Lipinski definition) is 1. The Morgan fingerprint density at radius 2 is 0.980 bits per heavy atom. The lowest BCUT2D eigenvalue weighted by molar-refractivity contribution is 0.487. The Morgan fingerprint density at radius 1 is 0.340 bits per heavy atom. The summed E-state index contributed by atoms with van der Waals surface area (Å²) in [5, 5.41) is 9.90. The molecule has 0 N–H and O–H groups in total. The van der Waals surface area contributed by atoms with Crippen molar-refractivity contribution >= 4 is 54.1 Å². The molecule has 0 amide bonds. The fourth-order valence-electron chi connectivity index (χ4n) is 8.37. The van der Waals surface area contributed by atoms with E-state index in [1.165, 1.54) is 87.6 Å². The van der Waals surface area contributed by atoms with Crippen LogP contribution in [0.25, 0.3) is 93.2 Å².